The van der Waals surface area contributed by atoms with Crippen molar-refractivity contribution >= 4 is 45.9 Å². The first-order chi connectivity index (χ1) is 18.1. The number of anilines is 1. The fraction of sp³-hybridized carbons (Fsp3) is 0.423. The molecule has 202 valence electrons. The van der Waals surface area contributed by atoms with Crippen LogP contribution in [0.2, 0.25) is 0 Å². The Labute approximate surface area is 229 Å². The third kappa shape index (κ3) is 6.36. The van der Waals surface area contributed by atoms with Gasteiger partial charge in [0.25, 0.3) is 5.91 Å². The Kier molecular flexibility index (Phi) is 8.72. The second kappa shape index (κ2) is 12.0. The van der Waals surface area contributed by atoms with Crippen LogP contribution < -0.4 is 15.8 Å². The van der Waals surface area contributed by atoms with E-state index >= 15 is 0 Å². The zero-order chi connectivity index (χ0) is 27.4. The van der Waals surface area contributed by atoms with E-state index in [4.69, 9.17) is 15.2 Å². The van der Waals surface area contributed by atoms with E-state index in [1.807, 2.05) is 35.9 Å². The van der Waals surface area contributed by atoms with Gasteiger partial charge in [-0.2, -0.15) is 0 Å². The zero-order valence-electron chi connectivity index (χ0n) is 21.8. The molecule has 2 heterocycles. The van der Waals surface area contributed by atoms with Crippen molar-refractivity contribution in [3.05, 3.63) is 40.3 Å². The topological polar surface area (TPSA) is 138 Å². The van der Waals surface area contributed by atoms with E-state index in [9.17, 15) is 14.4 Å². The Balaban J connectivity index is 1.41. The van der Waals surface area contributed by atoms with Gasteiger partial charge in [0.2, 0.25) is 5.91 Å². The van der Waals surface area contributed by atoms with Crippen LogP contribution in [0.5, 0.6) is 5.75 Å². The second-order valence-electron chi connectivity index (χ2n) is 9.33. The first-order valence-corrected chi connectivity index (χ1v) is 14.2. The second-order valence-corrected chi connectivity index (χ2v) is 11.3. The van der Waals surface area contributed by atoms with Crippen molar-refractivity contribution in [2.75, 3.05) is 11.1 Å². The third-order valence-electron chi connectivity index (χ3n) is 6.06. The number of thioether (sulfide) groups is 1. The molecule has 1 saturated carbocycles. The minimum absolute atomic E-state index is 0.0155. The number of benzene rings is 1. The highest BCUT2D eigenvalue weighted by Gasteiger charge is 2.26. The molecule has 1 aromatic carbocycles. The first kappa shape index (κ1) is 27.6. The maximum absolute atomic E-state index is 12.8. The molecule has 10 nitrogen and oxygen atoms in total. The number of carbonyl (C=O) groups is 3. The summed E-state index contributed by atoms with van der Waals surface area (Å²) in [6.45, 7) is 5.04. The largest absolute Gasteiger partial charge is 0.490 e. The molecule has 1 fully saturated rings. The number of amides is 2. The number of aromatic nitrogens is 3. The van der Waals surface area contributed by atoms with Gasteiger partial charge in [0, 0.05) is 12.6 Å². The lowest BCUT2D eigenvalue weighted by atomic mass is 10.1. The van der Waals surface area contributed by atoms with Crippen molar-refractivity contribution in [2.45, 2.75) is 63.8 Å². The minimum Gasteiger partial charge on any atom is -0.490 e. The van der Waals surface area contributed by atoms with Crippen molar-refractivity contribution in [1.82, 2.24) is 14.8 Å². The summed E-state index contributed by atoms with van der Waals surface area (Å²) in [7, 11) is 1.83. The van der Waals surface area contributed by atoms with Gasteiger partial charge in [-0.25, -0.2) is 4.79 Å². The number of carbonyl (C=O) groups excluding carboxylic acids is 3. The Hall–Kier alpha value is -3.38. The number of ether oxygens (including phenoxy) is 2. The molecule has 2 aromatic heterocycles. The fourth-order valence-electron chi connectivity index (χ4n) is 4.22. The molecule has 0 spiro atoms. The highest BCUT2D eigenvalue weighted by atomic mass is 32.2. The Morgan fingerprint density at radius 1 is 1.18 bits per heavy atom. The van der Waals surface area contributed by atoms with Gasteiger partial charge in [-0.15, -0.1) is 21.5 Å². The van der Waals surface area contributed by atoms with Crippen molar-refractivity contribution < 1.29 is 23.9 Å². The molecular formula is C26H31N5O5S2. The maximum atomic E-state index is 12.8. The quantitative estimate of drug-likeness (QED) is 0.273. The first-order valence-electron chi connectivity index (χ1n) is 12.4. The van der Waals surface area contributed by atoms with Gasteiger partial charge >= 0.3 is 5.97 Å². The molecule has 3 N–H and O–H groups in total. The predicted octanol–water partition coefficient (Wildman–Crippen LogP) is 4.57. The molecule has 4 rings (SSSR count). The zero-order valence-corrected chi connectivity index (χ0v) is 23.4. The molecule has 38 heavy (non-hydrogen) atoms. The van der Waals surface area contributed by atoms with Crippen LogP contribution in [0.4, 0.5) is 5.00 Å². The maximum Gasteiger partial charge on any atom is 0.341 e. The van der Waals surface area contributed by atoms with Crippen molar-refractivity contribution in [3.63, 3.8) is 0 Å². The SMILES string of the molecule is Cc1c(C(N)=O)sc(NC(=O)CSc2nnc(-c3ccc(OC4CCCC4)cc3)n2C)c1C(=O)OC(C)C. The van der Waals surface area contributed by atoms with Gasteiger partial charge < -0.3 is 25.1 Å². The van der Waals surface area contributed by atoms with Crippen LogP contribution >= 0.6 is 23.1 Å². The van der Waals surface area contributed by atoms with Crippen molar-refractivity contribution in [2.24, 2.45) is 12.8 Å². The molecular weight excluding hydrogens is 526 g/mol. The van der Waals surface area contributed by atoms with Crippen LogP contribution in [0.15, 0.2) is 29.4 Å². The molecule has 0 radical (unpaired) electrons. The van der Waals surface area contributed by atoms with E-state index in [-0.39, 0.29) is 33.2 Å². The summed E-state index contributed by atoms with van der Waals surface area (Å²) in [5.74, 6) is -0.147. The average Bonchev–Trinajstić information content (AvgIpc) is 3.57. The van der Waals surface area contributed by atoms with Crippen LogP contribution in [0.25, 0.3) is 11.4 Å². The molecule has 0 bridgehead atoms. The van der Waals surface area contributed by atoms with Crippen LogP contribution in [0.1, 0.15) is 65.1 Å². The van der Waals surface area contributed by atoms with Gasteiger partial charge in [0.15, 0.2) is 11.0 Å². The molecule has 0 saturated heterocycles. The number of nitrogens with two attached hydrogens (primary N) is 1. The van der Waals surface area contributed by atoms with E-state index in [1.165, 1.54) is 24.6 Å². The van der Waals surface area contributed by atoms with Gasteiger partial charge in [0.05, 0.1) is 28.4 Å². The molecule has 0 unspecified atom stereocenters. The van der Waals surface area contributed by atoms with E-state index in [0.29, 0.717) is 22.6 Å². The summed E-state index contributed by atoms with van der Waals surface area (Å²) in [6, 6.07) is 7.77. The van der Waals surface area contributed by atoms with Crippen molar-refractivity contribution in [3.8, 4) is 17.1 Å². The lowest BCUT2D eigenvalue weighted by molar-refractivity contribution is -0.113. The minimum atomic E-state index is -0.675. The number of hydrogen-bond acceptors (Lipinski definition) is 9. The molecule has 0 aliphatic heterocycles. The number of thiophene rings is 1. The smallest absolute Gasteiger partial charge is 0.341 e. The van der Waals surface area contributed by atoms with E-state index in [2.05, 4.69) is 15.5 Å². The number of nitrogens with one attached hydrogen (secondary N) is 1. The van der Waals surface area contributed by atoms with Crippen LogP contribution in [0, 0.1) is 6.92 Å². The average molecular weight is 558 g/mol. The highest BCUT2D eigenvalue weighted by Crippen LogP contribution is 2.34. The molecule has 1 aliphatic rings. The summed E-state index contributed by atoms with van der Waals surface area (Å²) < 4.78 is 13.1. The Bertz CT molecular complexity index is 1330. The van der Waals surface area contributed by atoms with Crippen LogP contribution in [0.3, 0.4) is 0 Å². The van der Waals surface area contributed by atoms with Crippen LogP contribution in [-0.2, 0) is 16.6 Å². The van der Waals surface area contributed by atoms with E-state index in [1.54, 1.807) is 20.8 Å². The Morgan fingerprint density at radius 2 is 1.87 bits per heavy atom. The highest BCUT2D eigenvalue weighted by molar-refractivity contribution is 7.99. The van der Waals surface area contributed by atoms with E-state index in [0.717, 1.165) is 35.5 Å². The van der Waals surface area contributed by atoms with Gasteiger partial charge in [-0.1, -0.05) is 11.8 Å². The van der Waals surface area contributed by atoms with Crippen molar-refractivity contribution in [1.29, 1.82) is 0 Å². The fourth-order valence-corrected chi connectivity index (χ4v) is 6.00. The number of hydrogen-bond donors (Lipinski definition) is 2. The lowest BCUT2D eigenvalue weighted by Gasteiger charge is -2.13. The number of primary amides is 1. The number of esters is 1. The number of nitrogens with zero attached hydrogens (tertiary/aromatic N) is 3. The number of rotatable bonds is 10. The Morgan fingerprint density at radius 3 is 2.50 bits per heavy atom. The van der Waals surface area contributed by atoms with Gasteiger partial charge in [0.1, 0.15) is 10.8 Å². The monoisotopic (exact) mass is 557 g/mol. The summed E-state index contributed by atoms with van der Waals surface area (Å²) in [6.07, 6.45) is 4.56. The van der Waals surface area contributed by atoms with Crippen LogP contribution in [-0.4, -0.2) is 50.5 Å². The standard InChI is InChI=1S/C26H31N5O5S2/c1-14(2)35-25(34)20-15(3)21(22(27)33)38-24(20)28-19(32)13-37-26-30-29-23(31(26)4)16-9-11-18(12-10-16)36-17-7-5-6-8-17/h9-12,14,17H,5-8,13H2,1-4H3,(H2,27,33)(H,28,32). The third-order valence-corrected chi connectivity index (χ3v) is 8.30. The molecule has 1 aliphatic carbocycles. The molecule has 3 aromatic rings. The molecule has 0 atom stereocenters. The van der Waals surface area contributed by atoms with Gasteiger partial charge in [-0.05, 0) is 76.3 Å². The predicted molar refractivity (Wildman–Crippen MR) is 147 cm³/mol. The molecule has 2 amide bonds. The summed E-state index contributed by atoms with van der Waals surface area (Å²) in [5.41, 5.74) is 6.86. The van der Waals surface area contributed by atoms with E-state index < -0.39 is 11.9 Å². The van der Waals surface area contributed by atoms with Gasteiger partial charge in [-0.3, -0.25) is 9.59 Å². The lowest BCUT2D eigenvalue weighted by Crippen LogP contribution is -2.18. The molecule has 12 heteroatoms. The summed E-state index contributed by atoms with van der Waals surface area (Å²) in [4.78, 5) is 37.4. The normalized spacial score (nSPS) is 13.6. The summed E-state index contributed by atoms with van der Waals surface area (Å²) >= 11 is 2.16. The summed E-state index contributed by atoms with van der Waals surface area (Å²) in [5, 5.41) is 12.0.